The van der Waals surface area contributed by atoms with E-state index < -0.39 is 0 Å². The molecule has 3 N–H and O–H groups in total. The Bertz CT molecular complexity index is 465. The van der Waals surface area contributed by atoms with Gasteiger partial charge in [-0.2, -0.15) is 5.10 Å². The van der Waals surface area contributed by atoms with Gasteiger partial charge in [-0.1, -0.05) is 12.1 Å². The molecule has 0 spiro atoms. The number of methoxy groups -OCH3 is 1. The number of nitrogens with zero attached hydrogens (tertiary/aromatic N) is 4. The Morgan fingerprint density at radius 2 is 2.42 bits per heavy atom. The summed E-state index contributed by atoms with van der Waals surface area (Å²) in [6.45, 7) is 3.75. The summed E-state index contributed by atoms with van der Waals surface area (Å²) in [5.74, 6) is 1.18. The van der Waals surface area contributed by atoms with Crippen LogP contribution in [0.5, 0.6) is 0 Å². The molecule has 1 aliphatic rings. The second-order valence-corrected chi connectivity index (χ2v) is 4.74. The number of piperidine rings is 1. The highest BCUT2D eigenvalue weighted by atomic mass is 16.5. The van der Waals surface area contributed by atoms with Crippen molar-refractivity contribution in [2.24, 2.45) is 16.8 Å². The summed E-state index contributed by atoms with van der Waals surface area (Å²) in [6.07, 6.45) is 2.68. The monoisotopic (exact) mass is 265 g/mol. The highest BCUT2D eigenvalue weighted by Crippen LogP contribution is 2.25. The van der Waals surface area contributed by atoms with Crippen LogP contribution in [0.2, 0.25) is 0 Å². The molecule has 19 heavy (non-hydrogen) atoms. The highest BCUT2D eigenvalue weighted by Gasteiger charge is 2.28. The molecule has 2 rings (SSSR count). The van der Waals surface area contributed by atoms with Crippen LogP contribution in [0.25, 0.3) is 0 Å². The van der Waals surface area contributed by atoms with Gasteiger partial charge in [-0.3, -0.25) is 0 Å². The summed E-state index contributed by atoms with van der Waals surface area (Å²) in [7, 11) is 1.71. The molecule has 7 nitrogen and oxygen atoms in total. The Labute approximate surface area is 112 Å². The van der Waals surface area contributed by atoms with Crippen LogP contribution >= 0.6 is 0 Å². The second-order valence-electron chi connectivity index (χ2n) is 4.74. The van der Waals surface area contributed by atoms with Crippen LogP contribution in [-0.2, 0) is 4.74 Å². The Kier molecular flexibility index (Phi) is 4.16. The molecule has 1 aromatic rings. The maximum absolute atomic E-state index is 8.82. The van der Waals surface area contributed by atoms with Gasteiger partial charge in [0.15, 0.2) is 11.7 Å². The maximum Gasteiger partial charge on any atom is 0.173 e. The van der Waals surface area contributed by atoms with Crippen LogP contribution in [0, 0.1) is 5.92 Å². The maximum atomic E-state index is 8.82. The van der Waals surface area contributed by atoms with Crippen molar-refractivity contribution in [3.05, 3.63) is 17.8 Å². The lowest BCUT2D eigenvalue weighted by Crippen LogP contribution is -2.45. The number of rotatable bonds is 3. The van der Waals surface area contributed by atoms with E-state index in [9.17, 15) is 0 Å². The Hall–Kier alpha value is -1.89. The first-order chi connectivity index (χ1) is 9.17. The zero-order valence-electron chi connectivity index (χ0n) is 11.2. The zero-order valence-corrected chi connectivity index (χ0v) is 11.2. The van der Waals surface area contributed by atoms with Gasteiger partial charge >= 0.3 is 0 Å². The first-order valence-electron chi connectivity index (χ1n) is 6.24. The molecule has 0 amide bonds. The molecule has 104 valence electrons. The highest BCUT2D eigenvalue weighted by molar-refractivity contribution is 6.01. The standard InChI is InChI=1S/C12H19N5O2/c1-8-4-6-17(7-10(8)19-2)12-9(11(13)16-18)3-5-14-15-12/h3,5,8,10,18H,4,6-7H2,1-2H3,(H2,13,16). The Morgan fingerprint density at radius 1 is 1.63 bits per heavy atom. The fraction of sp³-hybridized carbons (Fsp3) is 0.583. The van der Waals surface area contributed by atoms with E-state index in [4.69, 9.17) is 15.7 Å². The number of anilines is 1. The molecule has 1 saturated heterocycles. The first kappa shape index (κ1) is 13.5. The molecule has 2 heterocycles. The summed E-state index contributed by atoms with van der Waals surface area (Å²) in [5.41, 5.74) is 6.26. The largest absolute Gasteiger partial charge is 0.409 e. The summed E-state index contributed by atoms with van der Waals surface area (Å²) < 4.78 is 5.48. The Morgan fingerprint density at radius 3 is 3.11 bits per heavy atom. The number of hydrogen-bond donors (Lipinski definition) is 2. The third-order valence-corrected chi connectivity index (χ3v) is 3.58. The van der Waals surface area contributed by atoms with Crippen LogP contribution in [0.15, 0.2) is 17.4 Å². The van der Waals surface area contributed by atoms with E-state index in [1.807, 2.05) is 0 Å². The fourth-order valence-corrected chi connectivity index (χ4v) is 2.34. The second kappa shape index (κ2) is 5.83. The molecule has 2 atom stereocenters. The molecular formula is C12H19N5O2. The quantitative estimate of drug-likeness (QED) is 0.356. The van der Waals surface area contributed by atoms with E-state index >= 15 is 0 Å². The normalized spacial score (nSPS) is 24.5. The molecular weight excluding hydrogens is 246 g/mol. The van der Waals surface area contributed by atoms with Crippen molar-refractivity contribution >= 4 is 11.7 Å². The van der Waals surface area contributed by atoms with Crippen molar-refractivity contribution in [2.75, 3.05) is 25.1 Å². The molecule has 0 radical (unpaired) electrons. The lowest BCUT2D eigenvalue weighted by atomic mass is 9.95. The van der Waals surface area contributed by atoms with Crippen LogP contribution in [-0.4, -0.2) is 47.5 Å². The van der Waals surface area contributed by atoms with Crippen LogP contribution in [0.3, 0.4) is 0 Å². The van der Waals surface area contributed by atoms with Crippen molar-refractivity contribution in [3.8, 4) is 0 Å². The molecule has 1 fully saturated rings. The number of oxime groups is 1. The molecule has 0 bridgehead atoms. The lowest BCUT2D eigenvalue weighted by Gasteiger charge is -2.37. The third kappa shape index (κ3) is 2.76. The van der Waals surface area contributed by atoms with Gasteiger partial charge in [0.2, 0.25) is 0 Å². The average Bonchev–Trinajstić information content (AvgIpc) is 2.47. The summed E-state index contributed by atoms with van der Waals surface area (Å²) in [6, 6.07) is 1.69. The number of hydrogen-bond acceptors (Lipinski definition) is 6. The lowest BCUT2D eigenvalue weighted by molar-refractivity contribution is 0.0496. The number of aromatic nitrogens is 2. The van der Waals surface area contributed by atoms with E-state index in [-0.39, 0.29) is 11.9 Å². The van der Waals surface area contributed by atoms with Crippen molar-refractivity contribution in [1.29, 1.82) is 0 Å². The fourth-order valence-electron chi connectivity index (χ4n) is 2.34. The predicted octanol–water partition coefficient (Wildman–Crippen LogP) is 0.432. The van der Waals surface area contributed by atoms with Crippen LogP contribution < -0.4 is 10.6 Å². The average molecular weight is 265 g/mol. The van der Waals surface area contributed by atoms with Crippen molar-refractivity contribution < 1.29 is 9.94 Å². The van der Waals surface area contributed by atoms with Gasteiger partial charge in [-0.25, -0.2) is 0 Å². The summed E-state index contributed by atoms with van der Waals surface area (Å²) in [5, 5.41) is 19.9. The van der Waals surface area contributed by atoms with Gasteiger partial charge in [0, 0.05) is 20.2 Å². The summed E-state index contributed by atoms with van der Waals surface area (Å²) >= 11 is 0. The van der Waals surface area contributed by atoms with Crippen molar-refractivity contribution in [2.45, 2.75) is 19.4 Å². The number of ether oxygens (including phenoxy) is 1. The van der Waals surface area contributed by atoms with Crippen molar-refractivity contribution in [1.82, 2.24) is 10.2 Å². The minimum absolute atomic E-state index is 0.0393. The van der Waals surface area contributed by atoms with Crippen LogP contribution in [0.1, 0.15) is 18.9 Å². The Balaban J connectivity index is 2.27. The molecule has 2 unspecified atom stereocenters. The first-order valence-corrected chi connectivity index (χ1v) is 6.24. The minimum atomic E-state index is 0.0393. The van der Waals surface area contributed by atoms with Gasteiger partial charge in [-0.05, 0) is 18.4 Å². The SMILES string of the molecule is COC1CN(c2nnccc2/C(N)=N/O)CCC1C. The van der Waals surface area contributed by atoms with Gasteiger partial charge in [0.1, 0.15) is 0 Å². The van der Waals surface area contributed by atoms with E-state index in [1.165, 1.54) is 6.20 Å². The number of nitrogens with two attached hydrogens (primary N) is 1. The van der Waals surface area contributed by atoms with Gasteiger partial charge in [0.25, 0.3) is 0 Å². The minimum Gasteiger partial charge on any atom is -0.409 e. The van der Waals surface area contributed by atoms with Gasteiger partial charge in [-0.15, -0.1) is 5.10 Å². The molecule has 0 aliphatic carbocycles. The molecule has 7 heteroatoms. The summed E-state index contributed by atoms with van der Waals surface area (Å²) in [4.78, 5) is 2.06. The predicted molar refractivity (Wildman–Crippen MR) is 71.3 cm³/mol. The zero-order chi connectivity index (χ0) is 13.8. The van der Waals surface area contributed by atoms with Gasteiger partial charge in [0.05, 0.1) is 17.9 Å². The number of amidine groups is 1. The van der Waals surface area contributed by atoms with Crippen LogP contribution in [0.4, 0.5) is 5.82 Å². The van der Waals surface area contributed by atoms with Gasteiger partial charge < -0.3 is 20.6 Å². The third-order valence-electron chi connectivity index (χ3n) is 3.58. The topological polar surface area (TPSA) is 96.9 Å². The van der Waals surface area contributed by atoms with Crippen molar-refractivity contribution in [3.63, 3.8) is 0 Å². The molecule has 1 aromatic heterocycles. The van der Waals surface area contributed by atoms with E-state index in [0.717, 1.165) is 19.5 Å². The molecule has 1 aliphatic heterocycles. The van der Waals surface area contributed by atoms with E-state index in [2.05, 4.69) is 27.2 Å². The molecule has 0 saturated carbocycles. The molecule has 0 aromatic carbocycles. The van der Waals surface area contributed by atoms with E-state index in [1.54, 1.807) is 13.2 Å². The smallest absolute Gasteiger partial charge is 0.173 e. The van der Waals surface area contributed by atoms with E-state index in [0.29, 0.717) is 17.3 Å².